The first-order valence-corrected chi connectivity index (χ1v) is 8.93. The topological polar surface area (TPSA) is 82.3 Å². The van der Waals surface area contributed by atoms with Crippen LogP contribution in [0.1, 0.15) is 55.8 Å². The second-order valence-corrected chi connectivity index (χ2v) is 6.38. The van der Waals surface area contributed by atoms with E-state index in [4.69, 9.17) is 10.00 Å². The predicted molar refractivity (Wildman–Crippen MR) is 100 cm³/mol. The fourth-order valence-electron chi connectivity index (χ4n) is 2.72. The Kier molecular flexibility index (Phi) is 7.33. The molecule has 0 fully saturated rings. The smallest absolute Gasteiger partial charge is 0.265 e. The number of alkyl halides is 2. The monoisotopic (exact) mass is 388 g/mol. The molecule has 148 valence electrons. The van der Waals surface area contributed by atoms with Crippen LogP contribution < -0.4 is 10.1 Å². The molecular weight excluding hydrogens is 366 g/mol. The van der Waals surface area contributed by atoms with E-state index in [0.717, 1.165) is 11.6 Å². The van der Waals surface area contributed by atoms with Gasteiger partial charge < -0.3 is 15.2 Å². The molecule has 1 amide bonds. The molecule has 5 nitrogen and oxygen atoms in total. The highest BCUT2D eigenvalue weighted by molar-refractivity contribution is 5.81. The van der Waals surface area contributed by atoms with E-state index in [2.05, 4.69) is 5.32 Å². The molecule has 7 heteroatoms. The minimum Gasteiger partial charge on any atom is -0.508 e. The highest BCUT2D eigenvalue weighted by Crippen LogP contribution is 2.28. The Hall–Kier alpha value is -3.14. The first-order valence-electron chi connectivity index (χ1n) is 8.93. The zero-order valence-corrected chi connectivity index (χ0v) is 15.7. The summed E-state index contributed by atoms with van der Waals surface area (Å²) < 4.78 is 31.9. The number of nitrogens with zero attached hydrogens (tertiary/aromatic N) is 1. The highest BCUT2D eigenvalue weighted by atomic mass is 19.3. The number of phenols is 1. The summed E-state index contributed by atoms with van der Waals surface area (Å²) in [6.07, 6.45) is -2.61. The Balaban J connectivity index is 2.14. The molecule has 0 aliphatic heterocycles. The van der Waals surface area contributed by atoms with Crippen molar-refractivity contribution >= 4 is 5.91 Å². The molecule has 2 N–H and O–H groups in total. The molecule has 0 bridgehead atoms. The number of amides is 1. The molecule has 0 aliphatic rings. The minimum absolute atomic E-state index is 0.111. The molecule has 0 saturated carbocycles. The number of nitrogens with one attached hydrogen (secondary N) is 1. The maximum Gasteiger partial charge on any atom is 0.265 e. The van der Waals surface area contributed by atoms with E-state index >= 15 is 0 Å². The zero-order valence-electron chi connectivity index (χ0n) is 15.7. The Morgan fingerprint density at radius 1 is 1.25 bits per heavy atom. The van der Waals surface area contributed by atoms with Crippen molar-refractivity contribution in [3.05, 3.63) is 59.2 Å². The van der Waals surface area contributed by atoms with Crippen LogP contribution in [0.15, 0.2) is 42.5 Å². The summed E-state index contributed by atoms with van der Waals surface area (Å²) in [6, 6.07) is 11.6. The van der Waals surface area contributed by atoms with Gasteiger partial charge in [-0.1, -0.05) is 25.5 Å². The number of ether oxygens (including phenoxy) is 1. The number of aromatic hydroxyl groups is 1. The molecule has 2 aromatic rings. The molecule has 2 aromatic carbocycles. The first kappa shape index (κ1) is 21.2. The highest BCUT2D eigenvalue weighted by Gasteiger charge is 2.23. The number of carbonyl (C=O) groups excluding carboxylic acids is 1. The molecule has 28 heavy (non-hydrogen) atoms. The summed E-state index contributed by atoms with van der Waals surface area (Å²) in [5.41, 5.74) is 0.257. The van der Waals surface area contributed by atoms with E-state index < -0.39 is 18.1 Å². The van der Waals surface area contributed by atoms with Gasteiger partial charge in [0.2, 0.25) is 0 Å². The van der Waals surface area contributed by atoms with Gasteiger partial charge in [0.25, 0.3) is 12.3 Å². The lowest BCUT2D eigenvalue weighted by Crippen LogP contribution is -2.39. The van der Waals surface area contributed by atoms with Crippen molar-refractivity contribution in [2.75, 3.05) is 0 Å². The third-order valence-electron chi connectivity index (χ3n) is 4.25. The van der Waals surface area contributed by atoms with Crippen LogP contribution in [0, 0.1) is 11.3 Å². The van der Waals surface area contributed by atoms with Crippen LogP contribution in [0.4, 0.5) is 8.78 Å². The van der Waals surface area contributed by atoms with Gasteiger partial charge in [-0.3, -0.25) is 4.79 Å². The average Bonchev–Trinajstić information content (AvgIpc) is 2.67. The van der Waals surface area contributed by atoms with Crippen molar-refractivity contribution in [1.82, 2.24) is 5.32 Å². The summed E-state index contributed by atoms with van der Waals surface area (Å²) in [4.78, 5) is 12.6. The lowest BCUT2D eigenvalue weighted by atomic mass is 10.1. The fraction of sp³-hybridized carbons (Fsp3) is 0.333. The second-order valence-electron chi connectivity index (χ2n) is 6.38. The third kappa shape index (κ3) is 5.43. The maximum absolute atomic E-state index is 13.1. The van der Waals surface area contributed by atoms with Crippen LogP contribution in [-0.4, -0.2) is 17.1 Å². The van der Waals surface area contributed by atoms with Crippen molar-refractivity contribution in [2.45, 2.75) is 45.3 Å². The molecule has 0 radical (unpaired) electrons. The van der Waals surface area contributed by atoms with Crippen LogP contribution in [0.2, 0.25) is 0 Å². The molecule has 0 spiro atoms. The lowest BCUT2D eigenvalue weighted by Gasteiger charge is -2.22. The van der Waals surface area contributed by atoms with Gasteiger partial charge in [0.1, 0.15) is 11.5 Å². The molecule has 0 aromatic heterocycles. The Morgan fingerprint density at radius 2 is 1.93 bits per heavy atom. The summed E-state index contributed by atoms with van der Waals surface area (Å²) in [6.45, 7) is 3.68. The standard InChI is InChI=1S/C21H22F2N2O3/c1-3-4-19(21(27)25-13(2)14-5-8-16(26)9-6-14)28-17-10-7-15(12-24)18(11-17)20(22)23/h5-11,13,19-20,26H,3-4H2,1-2H3,(H,25,27). The van der Waals surface area contributed by atoms with Gasteiger partial charge in [0.15, 0.2) is 6.10 Å². The molecule has 0 heterocycles. The van der Waals surface area contributed by atoms with Gasteiger partial charge in [-0.05, 0) is 49.2 Å². The fourth-order valence-corrected chi connectivity index (χ4v) is 2.72. The summed E-state index contributed by atoms with van der Waals surface area (Å²) in [5.74, 6) is -0.129. The SMILES string of the molecule is CCCC(Oc1ccc(C#N)c(C(F)F)c1)C(=O)NC(C)c1ccc(O)cc1. The van der Waals surface area contributed by atoms with E-state index in [1.54, 1.807) is 25.1 Å². The molecule has 0 saturated heterocycles. The number of phenolic OH excluding ortho intramolecular Hbond substituents is 1. The molecule has 2 rings (SSSR count). The van der Waals surface area contributed by atoms with E-state index in [1.807, 2.05) is 6.92 Å². The predicted octanol–water partition coefficient (Wildman–Crippen LogP) is 4.63. The van der Waals surface area contributed by atoms with Gasteiger partial charge in [0, 0.05) is 5.56 Å². The quantitative estimate of drug-likeness (QED) is 0.691. The maximum atomic E-state index is 13.1. The minimum atomic E-state index is -2.81. The Bertz CT molecular complexity index is 848. The van der Waals surface area contributed by atoms with E-state index in [-0.39, 0.29) is 29.0 Å². The van der Waals surface area contributed by atoms with Crippen LogP contribution in [0.3, 0.4) is 0 Å². The second kappa shape index (κ2) is 9.70. The molecule has 2 unspecified atom stereocenters. The lowest BCUT2D eigenvalue weighted by molar-refractivity contribution is -0.129. The summed E-state index contributed by atoms with van der Waals surface area (Å²) in [7, 11) is 0. The van der Waals surface area contributed by atoms with Crippen molar-refractivity contribution in [2.24, 2.45) is 0 Å². The van der Waals surface area contributed by atoms with E-state index in [1.165, 1.54) is 24.3 Å². The van der Waals surface area contributed by atoms with Crippen LogP contribution in [0.25, 0.3) is 0 Å². The van der Waals surface area contributed by atoms with Gasteiger partial charge in [-0.15, -0.1) is 0 Å². The molecular formula is C21H22F2N2O3. The van der Waals surface area contributed by atoms with Gasteiger partial charge >= 0.3 is 0 Å². The zero-order chi connectivity index (χ0) is 20.7. The Labute approximate surface area is 162 Å². The number of benzene rings is 2. The van der Waals surface area contributed by atoms with Gasteiger partial charge in [-0.2, -0.15) is 5.26 Å². The normalized spacial score (nSPS) is 12.9. The average molecular weight is 388 g/mol. The van der Waals surface area contributed by atoms with Gasteiger partial charge in [0.05, 0.1) is 17.7 Å². The van der Waals surface area contributed by atoms with Crippen molar-refractivity contribution in [3.8, 4) is 17.6 Å². The molecule has 2 atom stereocenters. The summed E-state index contributed by atoms with van der Waals surface area (Å²) >= 11 is 0. The first-order chi connectivity index (χ1) is 13.3. The molecule has 0 aliphatic carbocycles. The number of halogens is 2. The van der Waals surface area contributed by atoms with E-state index in [0.29, 0.717) is 12.8 Å². The number of nitriles is 1. The van der Waals surface area contributed by atoms with Crippen LogP contribution in [-0.2, 0) is 4.79 Å². The Morgan fingerprint density at radius 3 is 2.50 bits per heavy atom. The van der Waals surface area contributed by atoms with E-state index in [9.17, 15) is 18.7 Å². The van der Waals surface area contributed by atoms with Crippen molar-refractivity contribution in [1.29, 1.82) is 5.26 Å². The number of rotatable bonds is 8. The summed E-state index contributed by atoms with van der Waals surface area (Å²) in [5, 5.41) is 21.1. The third-order valence-corrected chi connectivity index (χ3v) is 4.25. The number of carbonyl (C=O) groups is 1. The van der Waals surface area contributed by atoms with Crippen molar-refractivity contribution < 1.29 is 23.4 Å². The van der Waals surface area contributed by atoms with Crippen LogP contribution in [0.5, 0.6) is 11.5 Å². The number of hydrogen-bond acceptors (Lipinski definition) is 4. The largest absolute Gasteiger partial charge is 0.508 e. The van der Waals surface area contributed by atoms with Crippen molar-refractivity contribution in [3.63, 3.8) is 0 Å². The van der Waals surface area contributed by atoms with Gasteiger partial charge in [-0.25, -0.2) is 8.78 Å². The number of hydrogen-bond donors (Lipinski definition) is 2. The van der Waals surface area contributed by atoms with Crippen LogP contribution >= 0.6 is 0 Å².